The molecule has 0 spiro atoms. The van der Waals surface area contributed by atoms with Gasteiger partial charge in [0.15, 0.2) is 0 Å². The molecule has 3 atom stereocenters. The van der Waals surface area contributed by atoms with Crippen LogP contribution in [0.5, 0.6) is 0 Å². The molecule has 1 saturated carbocycles. The smallest absolute Gasteiger partial charge is 0.0323 e. The Labute approximate surface area is 111 Å². The van der Waals surface area contributed by atoms with Gasteiger partial charge in [-0.15, -0.1) is 6.58 Å². The molecule has 0 heteroatoms. The van der Waals surface area contributed by atoms with Crippen molar-refractivity contribution in [3.8, 4) is 0 Å². The Morgan fingerprint density at radius 2 is 1.59 bits per heavy atom. The Balaban J connectivity index is 0. The van der Waals surface area contributed by atoms with E-state index in [1.54, 1.807) is 0 Å². The Kier molecular flexibility index (Phi) is 13.7. The minimum absolute atomic E-state index is 0.954. The molecule has 1 aliphatic rings. The molecule has 0 N–H and O–H groups in total. The fourth-order valence-electron chi connectivity index (χ4n) is 2.48. The van der Waals surface area contributed by atoms with Crippen LogP contribution in [0.15, 0.2) is 12.2 Å². The summed E-state index contributed by atoms with van der Waals surface area (Å²) in [5, 5.41) is 0. The lowest BCUT2D eigenvalue weighted by atomic mass is 9.73. The molecule has 1 aliphatic carbocycles. The van der Waals surface area contributed by atoms with Crippen molar-refractivity contribution in [2.24, 2.45) is 17.8 Å². The summed E-state index contributed by atoms with van der Waals surface area (Å²) in [6.45, 7) is 19.0. The summed E-state index contributed by atoms with van der Waals surface area (Å²) in [5.41, 5.74) is 1.35. The van der Waals surface area contributed by atoms with Gasteiger partial charge in [-0.2, -0.15) is 0 Å². The topological polar surface area (TPSA) is 0 Å². The van der Waals surface area contributed by atoms with E-state index in [9.17, 15) is 0 Å². The Hall–Kier alpha value is -0.260. The fourth-order valence-corrected chi connectivity index (χ4v) is 2.48. The van der Waals surface area contributed by atoms with E-state index < -0.39 is 0 Å². The highest BCUT2D eigenvalue weighted by Crippen LogP contribution is 2.36. The monoisotopic (exact) mass is 240 g/mol. The highest BCUT2D eigenvalue weighted by molar-refractivity contribution is 4.89. The van der Waals surface area contributed by atoms with Crippen molar-refractivity contribution in [2.45, 2.75) is 80.6 Å². The molecule has 0 aromatic heterocycles. The van der Waals surface area contributed by atoms with Crippen LogP contribution in [-0.2, 0) is 0 Å². The van der Waals surface area contributed by atoms with E-state index in [4.69, 9.17) is 0 Å². The zero-order valence-electron chi connectivity index (χ0n) is 13.5. The van der Waals surface area contributed by atoms with Crippen LogP contribution in [0.2, 0.25) is 0 Å². The SMILES string of the molecule is C=C(C)CCC1CC(C)CCC1C.CC.CC. The van der Waals surface area contributed by atoms with Gasteiger partial charge in [-0.1, -0.05) is 60.0 Å². The Morgan fingerprint density at radius 1 is 1.06 bits per heavy atom. The third-order valence-corrected chi connectivity index (χ3v) is 3.57. The van der Waals surface area contributed by atoms with Crippen molar-refractivity contribution < 1.29 is 0 Å². The van der Waals surface area contributed by atoms with Crippen LogP contribution in [0, 0.1) is 17.8 Å². The molecule has 3 unspecified atom stereocenters. The average molecular weight is 240 g/mol. The van der Waals surface area contributed by atoms with E-state index in [-0.39, 0.29) is 0 Å². The lowest BCUT2D eigenvalue weighted by molar-refractivity contribution is 0.193. The van der Waals surface area contributed by atoms with E-state index in [1.807, 2.05) is 27.7 Å². The first-order valence-electron chi connectivity index (χ1n) is 7.74. The predicted octanol–water partition coefficient (Wildman–Crippen LogP) is 6.47. The summed E-state index contributed by atoms with van der Waals surface area (Å²) >= 11 is 0. The maximum atomic E-state index is 3.98. The molecular weight excluding hydrogens is 204 g/mol. The molecule has 0 saturated heterocycles. The van der Waals surface area contributed by atoms with Crippen LogP contribution >= 0.6 is 0 Å². The van der Waals surface area contributed by atoms with Crippen molar-refractivity contribution in [1.29, 1.82) is 0 Å². The van der Waals surface area contributed by atoms with E-state index in [0.717, 1.165) is 17.8 Å². The standard InChI is InChI=1S/C13H24.2C2H6/c1-10(2)5-8-13-9-11(3)6-7-12(13)4;2*1-2/h11-13H,1,5-9H2,2-4H3;2*1-2H3. The van der Waals surface area contributed by atoms with Gasteiger partial charge in [0.1, 0.15) is 0 Å². The van der Waals surface area contributed by atoms with Crippen LogP contribution in [0.3, 0.4) is 0 Å². The van der Waals surface area contributed by atoms with Gasteiger partial charge in [-0.3, -0.25) is 0 Å². The molecule has 0 bridgehead atoms. The van der Waals surface area contributed by atoms with E-state index in [0.29, 0.717) is 0 Å². The molecule has 104 valence electrons. The molecule has 1 rings (SSSR count). The van der Waals surface area contributed by atoms with Crippen molar-refractivity contribution in [3.05, 3.63) is 12.2 Å². The summed E-state index contributed by atoms with van der Waals surface area (Å²) < 4.78 is 0. The summed E-state index contributed by atoms with van der Waals surface area (Å²) in [6.07, 6.45) is 6.96. The van der Waals surface area contributed by atoms with Crippen LogP contribution < -0.4 is 0 Å². The molecule has 0 heterocycles. The Morgan fingerprint density at radius 3 is 2.06 bits per heavy atom. The second-order valence-electron chi connectivity index (χ2n) is 5.15. The van der Waals surface area contributed by atoms with Crippen LogP contribution in [0.1, 0.15) is 80.6 Å². The van der Waals surface area contributed by atoms with Gasteiger partial charge in [-0.05, 0) is 43.9 Å². The lowest BCUT2D eigenvalue weighted by Crippen LogP contribution is -2.21. The zero-order chi connectivity index (χ0) is 13.8. The summed E-state index contributed by atoms with van der Waals surface area (Å²) in [5.74, 6) is 2.89. The maximum absolute atomic E-state index is 3.98. The van der Waals surface area contributed by atoms with Crippen LogP contribution in [-0.4, -0.2) is 0 Å². The summed E-state index contributed by atoms with van der Waals surface area (Å²) in [7, 11) is 0. The molecule has 0 aliphatic heterocycles. The molecule has 0 aromatic rings. The molecule has 0 amide bonds. The molecule has 17 heavy (non-hydrogen) atoms. The van der Waals surface area contributed by atoms with E-state index in [2.05, 4.69) is 27.4 Å². The largest absolute Gasteiger partial charge is 0.100 e. The minimum Gasteiger partial charge on any atom is -0.100 e. The van der Waals surface area contributed by atoms with Gasteiger partial charge in [0.25, 0.3) is 0 Å². The number of rotatable bonds is 3. The lowest BCUT2D eigenvalue weighted by Gasteiger charge is -2.32. The first-order chi connectivity index (χ1) is 8.09. The van der Waals surface area contributed by atoms with Crippen molar-refractivity contribution >= 4 is 0 Å². The normalized spacial score (nSPS) is 27.1. The quantitative estimate of drug-likeness (QED) is 0.496. The van der Waals surface area contributed by atoms with Crippen molar-refractivity contribution in [1.82, 2.24) is 0 Å². The van der Waals surface area contributed by atoms with Gasteiger partial charge >= 0.3 is 0 Å². The third-order valence-electron chi connectivity index (χ3n) is 3.57. The Bertz CT molecular complexity index is 169. The number of hydrogen-bond donors (Lipinski definition) is 0. The molecule has 0 radical (unpaired) electrons. The first kappa shape index (κ1) is 19.1. The maximum Gasteiger partial charge on any atom is -0.0323 e. The van der Waals surface area contributed by atoms with Crippen molar-refractivity contribution in [3.63, 3.8) is 0 Å². The van der Waals surface area contributed by atoms with Gasteiger partial charge < -0.3 is 0 Å². The first-order valence-corrected chi connectivity index (χ1v) is 7.74. The molecule has 1 fully saturated rings. The van der Waals surface area contributed by atoms with Crippen LogP contribution in [0.25, 0.3) is 0 Å². The molecule has 0 aromatic carbocycles. The van der Waals surface area contributed by atoms with Gasteiger partial charge in [0.2, 0.25) is 0 Å². The molecular formula is C17H36. The molecule has 0 nitrogen and oxygen atoms in total. The van der Waals surface area contributed by atoms with E-state index in [1.165, 1.54) is 37.7 Å². The number of allylic oxidation sites excluding steroid dienone is 1. The second kappa shape index (κ2) is 12.2. The summed E-state index contributed by atoms with van der Waals surface area (Å²) in [6, 6.07) is 0. The van der Waals surface area contributed by atoms with Crippen molar-refractivity contribution in [2.75, 3.05) is 0 Å². The number of hydrogen-bond acceptors (Lipinski definition) is 0. The third kappa shape index (κ3) is 9.44. The predicted molar refractivity (Wildman–Crippen MR) is 82.4 cm³/mol. The van der Waals surface area contributed by atoms with Gasteiger partial charge in [0.05, 0.1) is 0 Å². The minimum atomic E-state index is 0.954. The van der Waals surface area contributed by atoms with Gasteiger partial charge in [-0.25, -0.2) is 0 Å². The highest BCUT2D eigenvalue weighted by Gasteiger charge is 2.24. The fraction of sp³-hybridized carbons (Fsp3) is 0.882. The highest BCUT2D eigenvalue weighted by atomic mass is 14.3. The van der Waals surface area contributed by atoms with Gasteiger partial charge in [0, 0.05) is 0 Å². The zero-order valence-corrected chi connectivity index (χ0v) is 13.5. The van der Waals surface area contributed by atoms with Crippen LogP contribution in [0.4, 0.5) is 0 Å². The van der Waals surface area contributed by atoms with E-state index >= 15 is 0 Å². The second-order valence-corrected chi connectivity index (χ2v) is 5.15. The summed E-state index contributed by atoms with van der Waals surface area (Å²) in [4.78, 5) is 0. The average Bonchev–Trinajstić information content (AvgIpc) is 2.35.